The zero-order chi connectivity index (χ0) is 18.6. The Morgan fingerprint density at radius 2 is 1.88 bits per heavy atom. The minimum absolute atomic E-state index is 0.104. The van der Waals surface area contributed by atoms with Crippen LogP contribution in [0.15, 0.2) is 63.8 Å². The molecule has 0 saturated carbocycles. The normalized spacial score (nSPS) is 11.2. The highest BCUT2D eigenvalue weighted by atomic mass is 32.2. The van der Waals surface area contributed by atoms with E-state index in [1.54, 1.807) is 0 Å². The number of nitro groups is 1. The predicted molar refractivity (Wildman–Crippen MR) is 99.8 cm³/mol. The summed E-state index contributed by atoms with van der Waals surface area (Å²) in [5.74, 6) is 0.688. The van der Waals surface area contributed by atoms with Crippen LogP contribution in [0.5, 0.6) is 0 Å². The van der Waals surface area contributed by atoms with E-state index < -0.39 is 14.9 Å². The molecule has 0 saturated heterocycles. The van der Waals surface area contributed by atoms with Crippen molar-refractivity contribution >= 4 is 43.9 Å². The molecule has 0 aliphatic rings. The van der Waals surface area contributed by atoms with Crippen LogP contribution in [0.4, 0.5) is 10.8 Å². The Kier molecular flexibility index (Phi) is 5.49. The fourth-order valence-electron chi connectivity index (χ4n) is 1.97. The van der Waals surface area contributed by atoms with Crippen molar-refractivity contribution in [2.75, 3.05) is 4.72 Å². The molecule has 1 aromatic heterocycles. The van der Waals surface area contributed by atoms with Crippen LogP contribution in [0.25, 0.3) is 0 Å². The second kappa shape index (κ2) is 7.81. The molecule has 0 bridgehead atoms. The second-order valence-electron chi connectivity index (χ2n) is 5.01. The van der Waals surface area contributed by atoms with Crippen LogP contribution < -0.4 is 4.72 Å². The number of sulfonamides is 1. The number of nitrogens with one attached hydrogen (secondary N) is 1. The molecule has 3 aromatic rings. The molecule has 26 heavy (non-hydrogen) atoms. The molecule has 0 aliphatic heterocycles. The van der Waals surface area contributed by atoms with Crippen molar-refractivity contribution in [1.82, 2.24) is 10.2 Å². The summed E-state index contributed by atoms with van der Waals surface area (Å²) < 4.78 is 27.6. The van der Waals surface area contributed by atoms with E-state index in [0.717, 1.165) is 23.0 Å². The monoisotopic (exact) mass is 408 g/mol. The SMILES string of the molecule is O=[N+]([O-])c1cccc(S(=O)(=O)Nc2nnc(SCc3ccccc3)s2)c1. The third kappa shape index (κ3) is 4.56. The van der Waals surface area contributed by atoms with Crippen molar-refractivity contribution in [1.29, 1.82) is 0 Å². The standard InChI is InChI=1S/C15H12N4O4S3/c20-19(21)12-7-4-8-13(9-12)26(22,23)18-14-16-17-15(25-14)24-10-11-5-2-1-3-6-11/h1-9H,10H2,(H,16,18). The number of hydrogen-bond acceptors (Lipinski definition) is 8. The summed E-state index contributed by atoms with van der Waals surface area (Å²) in [6, 6.07) is 14.6. The molecule has 1 heterocycles. The van der Waals surface area contributed by atoms with Crippen LogP contribution >= 0.6 is 23.1 Å². The van der Waals surface area contributed by atoms with Gasteiger partial charge >= 0.3 is 0 Å². The largest absolute Gasteiger partial charge is 0.270 e. The number of anilines is 1. The Balaban J connectivity index is 1.70. The summed E-state index contributed by atoms with van der Waals surface area (Å²) in [6.45, 7) is 0. The van der Waals surface area contributed by atoms with E-state index in [9.17, 15) is 18.5 Å². The van der Waals surface area contributed by atoms with Crippen molar-refractivity contribution in [2.24, 2.45) is 0 Å². The fourth-order valence-corrected chi connectivity index (χ4v) is 4.94. The highest BCUT2D eigenvalue weighted by molar-refractivity contribution is 8.00. The summed E-state index contributed by atoms with van der Waals surface area (Å²) in [4.78, 5) is 9.94. The van der Waals surface area contributed by atoms with Crippen LogP contribution in [-0.2, 0) is 15.8 Å². The zero-order valence-electron chi connectivity index (χ0n) is 13.1. The van der Waals surface area contributed by atoms with Crippen LogP contribution in [0.1, 0.15) is 5.56 Å². The van der Waals surface area contributed by atoms with Crippen LogP contribution in [0, 0.1) is 10.1 Å². The maximum absolute atomic E-state index is 12.4. The van der Waals surface area contributed by atoms with Crippen LogP contribution in [0.2, 0.25) is 0 Å². The van der Waals surface area contributed by atoms with Gasteiger partial charge in [0.15, 0.2) is 4.34 Å². The van der Waals surface area contributed by atoms with Gasteiger partial charge in [-0.3, -0.25) is 14.8 Å². The van der Waals surface area contributed by atoms with Crippen molar-refractivity contribution < 1.29 is 13.3 Å². The van der Waals surface area contributed by atoms with E-state index in [-0.39, 0.29) is 15.7 Å². The number of non-ortho nitro benzene ring substituents is 1. The first-order valence-corrected chi connectivity index (χ1v) is 10.5. The van der Waals surface area contributed by atoms with E-state index in [2.05, 4.69) is 14.9 Å². The topological polar surface area (TPSA) is 115 Å². The molecule has 0 amide bonds. The van der Waals surface area contributed by atoms with E-state index in [1.165, 1.54) is 30.0 Å². The molecule has 8 nitrogen and oxygen atoms in total. The quantitative estimate of drug-likeness (QED) is 0.361. The smallest absolute Gasteiger partial charge is 0.258 e. The molecule has 0 unspecified atom stereocenters. The van der Waals surface area contributed by atoms with Gasteiger partial charge in [-0.15, -0.1) is 10.2 Å². The summed E-state index contributed by atoms with van der Waals surface area (Å²) in [5, 5.41) is 18.7. The van der Waals surface area contributed by atoms with Crippen molar-refractivity contribution in [3.8, 4) is 0 Å². The van der Waals surface area contributed by atoms with Gasteiger partial charge in [0.1, 0.15) is 0 Å². The molecule has 1 N–H and O–H groups in total. The van der Waals surface area contributed by atoms with E-state index in [4.69, 9.17) is 0 Å². The third-order valence-corrected chi connectivity index (χ3v) is 6.68. The summed E-state index contributed by atoms with van der Waals surface area (Å²) in [5.41, 5.74) is 0.815. The Morgan fingerprint density at radius 1 is 1.12 bits per heavy atom. The Bertz CT molecular complexity index is 1020. The minimum atomic E-state index is -3.98. The van der Waals surface area contributed by atoms with Crippen molar-refractivity contribution in [3.63, 3.8) is 0 Å². The van der Waals surface area contributed by atoms with Gasteiger partial charge in [-0.1, -0.05) is 59.5 Å². The van der Waals surface area contributed by atoms with Gasteiger partial charge < -0.3 is 0 Å². The van der Waals surface area contributed by atoms with Gasteiger partial charge in [-0.2, -0.15) is 0 Å². The van der Waals surface area contributed by atoms with Crippen LogP contribution in [-0.4, -0.2) is 23.5 Å². The molecule has 0 aliphatic carbocycles. The number of aromatic nitrogens is 2. The molecular weight excluding hydrogens is 396 g/mol. The van der Waals surface area contributed by atoms with E-state index >= 15 is 0 Å². The van der Waals surface area contributed by atoms with Gasteiger partial charge in [-0.05, 0) is 11.6 Å². The average Bonchev–Trinajstić information content (AvgIpc) is 3.07. The first-order valence-electron chi connectivity index (χ1n) is 7.21. The Labute approximate surface area is 157 Å². The third-order valence-electron chi connectivity index (χ3n) is 3.17. The number of benzene rings is 2. The lowest BCUT2D eigenvalue weighted by molar-refractivity contribution is -0.385. The van der Waals surface area contributed by atoms with E-state index in [0.29, 0.717) is 10.1 Å². The fraction of sp³-hybridized carbons (Fsp3) is 0.0667. The maximum Gasteiger partial charge on any atom is 0.270 e. The highest BCUT2D eigenvalue weighted by Crippen LogP contribution is 2.29. The summed E-state index contributed by atoms with van der Waals surface area (Å²) in [6.07, 6.45) is 0. The van der Waals surface area contributed by atoms with Crippen molar-refractivity contribution in [3.05, 3.63) is 70.3 Å². The van der Waals surface area contributed by atoms with Gasteiger partial charge in [0, 0.05) is 17.9 Å². The Hall–Kier alpha value is -2.50. The maximum atomic E-state index is 12.4. The molecule has 0 spiro atoms. The van der Waals surface area contributed by atoms with Crippen LogP contribution in [0.3, 0.4) is 0 Å². The summed E-state index contributed by atoms with van der Waals surface area (Å²) >= 11 is 2.54. The first kappa shape index (κ1) is 18.3. The number of hydrogen-bond donors (Lipinski definition) is 1. The van der Waals surface area contributed by atoms with Gasteiger partial charge in [-0.25, -0.2) is 8.42 Å². The molecule has 134 valence electrons. The van der Waals surface area contributed by atoms with E-state index in [1.807, 2.05) is 30.3 Å². The zero-order valence-corrected chi connectivity index (χ0v) is 15.6. The number of nitrogens with zero attached hydrogens (tertiary/aromatic N) is 3. The lowest BCUT2D eigenvalue weighted by Crippen LogP contribution is -2.13. The number of rotatable bonds is 7. The predicted octanol–water partition coefficient (Wildman–Crippen LogP) is 3.54. The number of thioether (sulfide) groups is 1. The van der Waals surface area contributed by atoms with Gasteiger partial charge in [0.25, 0.3) is 15.7 Å². The molecular formula is C15H12N4O4S3. The highest BCUT2D eigenvalue weighted by Gasteiger charge is 2.19. The van der Waals surface area contributed by atoms with Gasteiger partial charge in [0.2, 0.25) is 5.13 Å². The lowest BCUT2D eigenvalue weighted by Gasteiger charge is -2.04. The number of nitro benzene ring substituents is 1. The molecule has 3 rings (SSSR count). The Morgan fingerprint density at radius 3 is 2.62 bits per heavy atom. The average molecular weight is 408 g/mol. The molecule has 0 atom stereocenters. The molecule has 2 aromatic carbocycles. The second-order valence-corrected chi connectivity index (χ2v) is 8.89. The van der Waals surface area contributed by atoms with Gasteiger partial charge in [0.05, 0.1) is 9.82 Å². The summed E-state index contributed by atoms with van der Waals surface area (Å²) in [7, 11) is -3.98. The lowest BCUT2D eigenvalue weighted by atomic mass is 10.2. The van der Waals surface area contributed by atoms with Crippen molar-refractivity contribution in [2.45, 2.75) is 15.0 Å². The molecule has 0 fully saturated rings. The first-order chi connectivity index (χ1) is 12.4. The minimum Gasteiger partial charge on any atom is -0.258 e. The molecule has 11 heteroatoms. The molecule has 0 radical (unpaired) electrons.